The third-order valence-corrected chi connectivity index (χ3v) is 4.22. The van der Waals surface area contributed by atoms with Crippen molar-refractivity contribution >= 4 is 5.78 Å². The fourth-order valence-corrected chi connectivity index (χ4v) is 2.93. The summed E-state index contributed by atoms with van der Waals surface area (Å²) in [6.45, 7) is 7.36. The molecule has 0 radical (unpaired) electrons. The average molecular weight is 239 g/mol. The van der Waals surface area contributed by atoms with Crippen LogP contribution in [0.3, 0.4) is 0 Å². The zero-order valence-electron chi connectivity index (χ0n) is 11.2. The molecular weight excluding hydrogens is 214 g/mol. The molecule has 0 aromatic rings. The van der Waals surface area contributed by atoms with Crippen molar-refractivity contribution in [2.45, 2.75) is 51.5 Å². The quantitative estimate of drug-likeness (QED) is 0.756. The maximum absolute atomic E-state index is 12.3. The lowest BCUT2D eigenvalue weighted by atomic mass is 9.85. The number of ether oxygens (including phenoxy) is 1. The highest BCUT2D eigenvalue weighted by molar-refractivity contribution is 5.83. The van der Waals surface area contributed by atoms with E-state index in [1.807, 2.05) is 0 Å². The van der Waals surface area contributed by atoms with Gasteiger partial charge in [-0.05, 0) is 26.7 Å². The molecule has 2 rings (SSSR count). The van der Waals surface area contributed by atoms with E-state index >= 15 is 0 Å². The summed E-state index contributed by atoms with van der Waals surface area (Å²) in [5.74, 6) is 0.794. The first-order valence-electron chi connectivity index (χ1n) is 6.95. The van der Waals surface area contributed by atoms with Crippen molar-refractivity contribution in [3.8, 4) is 0 Å². The number of hydrogen-bond donors (Lipinski definition) is 0. The summed E-state index contributed by atoms with van der Waals surface area (Å²) in [5, 5.41) is 0. The molecular formula is C14H25NO2. The van der Waals surface area contributed by atoms with Gasteiger partial charge in [-0.15, -0.1) is 0 Å². The van der Waals surface area contributed by atoms with Gasteiger partial charge in [0.15, 0.2) is 0 Å². The van der Waals surface area contributed by atoms with Crippen LogP contribution in [0.4, 0.5) is 0 Å². The lowest BCUT2D eigenvalue weighted by Gasteiger charge is -2.42. The summed E-state index contributed by atoms with van der Waals surface area (Å²) in [6, 6.07) is 0. The molecule has 0 spiro atoms. The van der Waals surface area contributed by atoms with Crippen molar-refractivity contribution in [3.05, 3.63) is 0 Å². The smallest absolute Gasteiger partial charge is 0.149 e. The Morgan fingerprint density at radius 3 is 2.65 bits per heavy atom. The minimum absolute atomic E-state index is 0.0164. The zero-order valence-corrected chi connectivity index (χ0v) is 11.2. The highest BCUT2D eigenvalue weighted by atomic mass is 16.5. The maximum atomic E-state index is 12.3. The van der Waals surface area contributed by atoms with Gasteiger partial charge >= 0.3 is 0 Å². The van der Waals surface area contributed by atoms with E-state index in [1.165, 1.54) is 19.3 Å². The van der Waals surface area contributed by atoms with Crippen LogP contribution in [-0.2, 0) is 9.53 Å². The fourth-order valence-electron chi connectivity index (χ4n) is 2.93. The second-order valence-electron chi connectivity index (χ2n) is 6.09. The van der Waals surface area contributed by atoms with E-state index in [1.54, 1.807) is 0 Å². The Morgan fingerprint density at radius 2 is 2.00 bits per heavy atom. The Labute approximate surface area is 105 Å². The molecule has 17 heavy (non-hydrogen) atoms. The van der Waals surface area contributed by atoms with Gasteiger partial charge in [0.05, 0.1) is 19.8 Å². The number of rotatable bonds is 3. The number of morpholine rings is 1. The highest BCUT2D eigenvalue weighted by Crippen LogP contribution is 2.26. The Hall–Kier alpha value is -0.410. The Balaban J connectivity index is 1.88. The molecule has 2 aliphatic rings. The largest absolute Gasteiger partial charge is 0.378 e. The van der Waals surface area contributed by atoms with E-state index in [2.05, 4.69) is 18.7 Å². The Morgan fingerprint density at radius 1 is 1.29 bits per heavy atom. The molecule has 0 bridgehead atoms. The van der Waals surface area contributed by atoms with Gasteiger partial charge in [-0.2, -0.15) is 0 Å². The first-order chi connectivity index (χ1) is 8.09. The molecule has 1 saturated heterocycles. The molecule has 2 fully saturated rings. The standard InChI is InChI=1S/C14H25NO2/c1-14(2)11-17-9-8-15(14)10-13(16)12-6-4-3-5-7-12/h12H,3-11H2,1-2H3. The van der Waals surface area contributed by atoms with Gasteiger partial charge in [-0.25, -0.2) is 0 Å². The molecule has 1 aliphatic heterocycles. The number of ketones is 1. The van der Waals surface area contributed by atoms with E-state index in [0.717, 1.165) is 32.6 Å². The first kappa shape index (κ1) is 13.0. The molecule has 1 saturated carbocycles. The second kappa shape index (κ2) is 5.49. The predicted molar refractivity (Wildman–Crippen MR) is 68.1 cm³/mol. The van der Waals surface area contributed by atoms with Crippen LogP contribution in [-0.4, -0.2) is 42.5 Å². The zero-order chi connectivity index (χ0) is 12.3. The van der Waals surface area contributed by atoms with Crippen LogP contribution in [0, 0.1) is 5.92 Å². The van der Waals surface area contributed by atoms with Crippen LogP contribution in [0.2, 0.25) is 0 Å². The monoisotopic (exact) mass is 239 g/mol. The number of nitrogens with zero attached hydrogens (tertiary/aromatic N) is 1. The normalized spacial score (nSPS) is 26.9. The molecule has 0 unspecified atom stereocenters. The highest BCUT2D eigenvalue weighted by Gasteiger charge is 2.33. The molecule has 3 nitrogen and oxygen atoms in total. The van der Waals surface area contributed by atoms with Crippen molar-refractivity contribution in [2.24, 2.45) is 5.92 Å². The summed E-state index contributed by atoms with van der Waals surface area (Å²) in [4.78, 5) is 14.6. The van der Waals surface area contributed by atoms with Crippen LogP contribution in [0.1, 0.15) is 46.0 Å². The van der Waals surface area contributed by atoms with Gasteiger partial charge in [-0.1, -0.05) is 19.3 Å². The van der Waals surface area contributed by atoms with Gasteiger partial charge in [0.25, 0.3) is 0 Å². The van der Waals surface area contributed by atoms with Gasteiger partial charge in [0, 0.05) is 18.0 Å². The predicted octanol–water partition coefficient (Wildman–Crippen LogP) is 2.25. The SMILES string of the molecule is CC1(C)COCCN1CC(=O)C1CCCCC1. The van der Waals surface area contributed by atoms with E-state index < -0.39 is 0 Å². The van der Waals surface area contributed by atoms with Gasteiger partial charge in [0.2, 0.25) is 0 Å². The molecule has 0 N–H and O–H groups in total. The summed E-state index contributed by atoms with van der Waals surface area (Å²) >= 11 is 0. The molecule has 0 amide bonds. The third kappa shape index (κ3) is 3.29. The lowest BCUT2D eigenvalue weighted by molar-refractivity contribution is -0.129. The first-order valence-corrected chi connectivity index (χ1v) is 6.95. The van der Waals surface area contributed by atoms with Crippen LogP contribution < -0.4 is 0 Å². The molecule has 1 aliphatic carbocycles. The van der Waals surface area contributed by atoms with E-state index in [9.17, 15) is 4.79 Å². The Bertz CT molecular complexity index is 269. The van der Waals surface area contributed by atoms with Crippen LogP contribution in [0.25, 0.3) is 0 Å². The lowest BCUT2D eigenvalue weighted by Crippen LogP contribution is -2.55. The van der Waals surface area contributed by atoms with Gasteiger partial charge < -0.3 is 4.74 Å². The van der Waals surface area contributed by atoms with E-state index in [-0.39, 0.29) is 5.54 Å². The van der Waals surface area contributed by atoms with Crippen molar-refractivity contribution in [1.29, 1.82) is 0 Å². The summed E-state index contributed by atoms with van der Waals surface area (Å²) in [6.07, 6.45) is 6.02. The molecule has 0 aromatic carbocycles. The van der Waals surface area contributed by atoms with Gasteiger partial charge in [-0.3, -0.25) is 9.69 Å². The van der Waals surface area contributed by atoms with E-state index in [0.29, 0.717) is 18.2 Å². The van der Waals surface area contributed by atoms with Crippen LogP contribution >= 0.6 is 0 Å². The van der Waals surface area contributed by atoms with Crippen molar-refractivity contribution in [1.82, 2.24) is 4.90 Å². The third-order valence-electron chi connectivity index (χ3n) is 4.22. The average Bonchev–Trinajstić information content (AvgIpc) is 2.33. The van der Waals surface area contributed by atoms with Crippen LogP contribution in [0.5, 0.6) is 0 Å². The Kier molecular flexibility index (Phi) is 4.21. The van der Waals surface area contributed by atoms with Crippen molar-refractivity contribution in [2.75, 3.05) is 26.3 Å². The number of Topliss-reactive ketones (excluding diaryl/α,β-unsaturated/α-hetero) is 1. The molecule has 1 heterocycles. The maximum Gasteiger partial charge on any atom is 0.149 e. The van der Waals surface area contributed by atoms with Crippen molar-refractivity contribution < 1.29 is 9.53 Å². The van der Waals surface area contributed by atoms with E-state index in [4.69, 9.17) is 4.74 Å². The number of carbonyl (C=O) groups excluding carboxylic acids is 1. The summed E-state index contributed by atoms with van der Waals surface area (Å²) in [7, 11) is 0. The second-order valence-corrected chi connectivity index (χ2v) is 6.09. The van der Waals surface area contributed by atoms with Crippen LogP contribution in [0.15, 0.2) is 0 Å². The van der Waals surface area contributed by atoms with Crippen molar-refractivity contribution in [3.63, 3.8) is 0 Å². The number of carbonyl (C=O) groups is 1. The molecule has 98 valence electrons. The van der Waals surface area contributed by atoms with Gasteiger partial charge in [0.1, 0.15) is 5.78 Å². The fraction of sp³-hybridized carbons (Fsp3) is 0.929. The molecule has 0 aromatic heterocycles. The topological polar surface area (TPSA) is 29.5 Å². The molecule has 0 atom stereocenters. The number of hydrogen-bond acceptors (Lipinski definition) is 3. The minimum atomic E-state index is 0.0164. The molecule has 3 heteroatoms. The minimum Gasteiger partial charge on any atom is -0.378 e. The summed E-state index contributed by atoms with van der Waals surface area (Å²) in [5.41, 5.74) is 0.0164. The summed E-state index contributed by atoms with van der Waals surface area (Å²) < 4.78 is 5.49.